The molecule has 1 aromatic carbocycles. The van der Waals surface area contributed by atoms with Crippen molar-refractivity contribution >= 4 is 11.8 Å². The van der Waals surface area contributed by atoms with Gasteiger partial charge < -0.3 is 14.5 Å². The highest BCUT2D eigenvalue weighted by molar-refractivity contribution is 5.95. The Kier molecular flexibility index (Phi) is 5.15. The molecule has 0 bridgehead atoms. The lowest BCUT2D eigenvalue weighted by Crippen LogP contribution is -2.51. The van der Waals surface area contributed by atoms with Crippen molar-refractivity contribution in [1.82, 2.24) is 19.6 Å². The number of hydrogen-bond donors (Lipinski definition) is 0. The molecule has 9 heteroatoms. The molecule has 1 fully saturated rings. The quantitative estimate of drug-likeness (QED) is 0.811. The molecule has 138 valence electrons. The largest absolute Gasteiger partial charge is 0.497 e. The van der Waals surface area contributed by atoms with Gasteiger partial charge in [-0.1, -0.05) is 12.1 Å². The summed E-state index contributed by atoms with van der Waals surface area (Å²) in [6.45, 7) is -1.83. The molecule has 2 heterocycles. The molecule has 26 heavy (non-hydrogen) atoms. The molecular formula is C17H18F2N4O3. The summed E-state index contributed by atoms with van der Waals surface area (Å²) in [7, 11) is 1.57. The fourth-order valence-corrected chi connectivity index (χ4v) is 2.76. The molecule has 0 spiro atoms. The number of rotatable bonds is 5. The van der Waals surface area contributed by atoms with Crippen molar-refractivity contribution in [3.63, 3.8) is 0 Å². The van der Waals surface area contributed by atoms with Gasteiger partial charge in [0.2, 0.25) is 5.91 Å². The molecule has 1 aliphatic heterocycles. The average molecular weight is 364 g/mol. The first-order valence-corrected chi connectivity index (χ1v) is 8.01. The van der Waals surface area contributed by atoms with Crippen molar-refractivity contribution in [1.29, 1.82) is 0 Å². The Morgan fingerprint density at radius 3 is 2.77 bits per heavy atom. The highest BCUT2D eigenvalue weighted by Gasteiger charge is 2.29. The summed E-state index contributed by atoms with van der Waals surface area (Å²) < 4.78 is 30.7. The molecule has 0 unspecified atom stereocenters. The van der Waals surface area contributed by atoms with E-state index >= 15 is 0 Å². The lowest BCUT2D eigenvalue weighted by Gasteiger charge is -2.34. The van der Waals surface area contributed by atoms with Gasteiger partial charge in [0, 0.05) is 25.8 Å². The fourth-order valence-electron chi connectivity index (χ4n) is 2.76. The van der Waals surface area contributed by atoms with Crippen LogP contribution in [0.2, 0.25) is 0 Å². The second-order valence-corrected chi connectivity index (χ2v) is 5.85. The molecule has 0 N–H and O–H groups in total. The van der Waals surface area contributed by atoms with Crippen LogP contribution in [0.3, 0.4) is 0 Å². The maximum Gasteiger partial charge on any atom is 0.333 e. The summed E-state index contributed by atoms with van der Waals surface area (Å²) in [6, 6.07) is 8.63. The van der Waals surface area contributed by atoms with E-state index < -0.39 is 12.5 Å². The number of amides is 2. The average Bonchev–Trinajstić information content (AvgIpc) is 3.13. The fraction of sp³-hybridized carbons (Fsp3) is 0.353. The first-order chi connectivity index (χ1) is 12.5. The Morgan fingerprint density at radius 1 is 1.31 bits per heavy atom. The zero-order valence-electron chi connectivity index (χ0n) is 14.1. The number of aromatic nitrogens is 2. The minimum atomic E-state index is -2.81. The molecule has 7 nitrogen and oxygen atoms in total. The van der Waals surface area contributed by atoms with Crippen LogP contribution in [-0.2, 0) is 11.3 Å². The summed E-state index contributed by atoms with van der Waals surface area (Å²) >= 11 is 0. The molecule has 1 saturated heterocycles. The molecule has 0 saturated carbocycles. The first-order valence-electron chi connectivity index (χ1n) is 8.01. The molecule has 2 amide bonds. The second-order valence-electron chi connectivity index (χ2n) is 5.85. The van der Waals surface area contributed by atoms with Crippen molar-refractivity contribution in [3.8, 4) is 5.75 Å². The maximum absolute atomic E-state index is 12.6. The van der Waals surface area contributed by atoms with E-state index in [1.807, 2.05) is 24.3 Å². The monoisotopic (exact) mass is 364 g/mol. The van der Waals surface area contributed by atoms with Gasteiger partial charge in [-0.15, -0.1) is 0 Å². The Morgan fingerprint density at radius 2 is 2.12 bits per heavy atom. The minimum Gasteiger partial charge on any atom is -0.497 e. The number of nitrogens with zero attached hydrogens (tertiary/aromatic N) is 4. The van der Waals surface area contributed by atoms with Crippen LogP contribution in [0, 0.1) is 0 Å². The number of alkyl halides is 2. The van der Waals surface area contributed by atoms with Crippen LogP contribution in [0.15, 0.2) is 36.5 Å². The first kappa shape index (κ1) is 17.8. The van der Waals surface area contributed by atoms with Crippen LogP contribution in [0.1, 0.15) is 22.6 Å². The maximum atomic E-state index is 12.6. The smallest absolute Gasteiger partial charge is 0.333 e. The number of carbonyl (C=O) groups is 2. The predicted molar refractivity (Wildman–Crippen MR) is 87.8 cm³/mol. The Balaban J connectivity index is 1.62. The van der Waals surface area contributed by atoms with Crippen molar-refractivity contribution < 1.29 is 23.1 Å². The summed E-state index contributed by atoms with van der Waals surface area (Å²) in [6.07, 6.45) is 1.04. The van der Waals surface area contributed by atoms with Crippen LogP contribution in [0.4, 0.5) is 8.78 Å². The number of methoxy groups -OCH3 is 1. The molecule has 1 aliphatic rings. The molecule has 2 aromatic rings. The van der Waals surface area contributed by atoms with Crippen LogP contribution in [-0.4, -0.2) is 58.1 Å². The van der Waals surface area contributed by atoms with E-state index in [1.165, 1.54) is 11.0 Å². The number of halogens is 2. The van der Waals surface area contributed by atoms with Crippen LogP contribution >= 0.6 is 0 Å². The second kappa shape index (κ2) is 7.51. The lowest BCUT2D eigenvalue weighted by atomic mass is 10.2. The number of carbonyl (C=O) groups excluding carboxylic acids is 2. The van der Waals surface area contributed by atoms with Crippen LogP contribution < -0.4 is 4.74 Å². The topological polar surface area (TPSA) is 67.7 Å². The Hall–Kier alpha value is -2.97. The van der Waals surface area contributed by atoms with Crippen LogP contribution in [0.5, 0.6) is 5.75 Å². The van der Waals surface area contributed by atoms with E-state index in [0.29, 0.717) is 30.1 Å². The molecule has 3 rings (SSSR count). The normalized spacial score (nSPS) is 14.8. The minimum absolute atomic E-state index is 0.0978. The number of piperazine rings is 1. The lowest BCUT2D eigenvalue weighted by molar-refractivity contribution is -0.135. The molecule has 0 atom stereocenters. The van der Waals surface area contributed by atoms with E-state index in [-0.39, 0.29) is 18.1 Å². The summed E-state index contributed by atoms with van der Waals surface area (Å²) in [4.78, 5) is 27.7. The zero-order valence-corrected chi connectivity index (χ0v) is 14.1. The Labute approximate surface area is 148 Å². The van der Waals surface area contributed by atoms with Crippen molar-refractivity contribution in [2.45, 2.75) is 13.1 Å². The highest BCUT2D eigenvalue weighted by Crippen LogP contribution is 2.17. The predicted octanol–water partition coefficient (Wildman–Crippen LogP) is 1.77. The van der Waals surface area contributed by atoms with E-state index in [4.69, 9.17) is 4.74 Å². The summed E-state index contributed by atoms with van der Waals surface area (Å²) in [5, 5.41) is 3.55. The van der Waals surface area contributed by atoms with Gasteiger partial charge in [-0.05, 0) is 23.8 Å². The molecular weight excluding hydrogens is 346 g/mol. The number of benzene rings is 1. The molecule has 0 radical (unpaired) electrons. The van der Waals surface area contributed by atoms with E-state index in [0.717, 1.165) is 11.8 Å². The zero-order chi connectivity index (χ0) is 18.7. The van der Waals surface area contributed by atoms with Gasteiger partial charge in [-0.25, -0.2) is 4.68 Å². The van der Waals surface area contributed by atoms with Crippen molar-refractivity contribution in [2.24, 2.45) is 0 Å². The van der Waals surface area contributed by atoms with Gasteiger partial charge in [0.15, 0.2) is 5.69 Å². The van der Waals surface area contributed by atoms with Gasteiger partial charge in [-0.3, -0.25) is 9.59 Å². The summed E-state index contributed by atoms with van der Waals surface area (Å²) in [5.74, 6) is -0.0297. The number of hydrogen-bond acceptors (Lipinski definition) is 4. The Bertz CT molecular complexity index is 809. The molecule has 0 aliphatic carbocycles. The van der Waals surface area contributed by atoms with Gasteiger partial charge >= 0.3 is 6.55 Å². The third-order valence-corrected chi connectivity index (χ3v) is 4.14. The van der Waals surface area contributed by atoms with E-state index in [9.17, 15) is 18.4 Å². The number of ether oxygens (including phenoxy) is 1. The third kappa shape index (κ3) is 3.81. The van der Waals surface area contributed by atoms with Crippen molar-refractivity contribution in [3.05, 3.63) is 47.8 Å². The van der Waals surface area contributed by atoms with Crippen molar-refractivity contribution in [2.75, 3.05) is 26.7 Å². The van der Waals surface area contributed by atoms with Gasteiger partial charge in [0.25, 0.3) is 5.91 Å². The highest BCUT2D eigenvalue weighted by atomic mass is 19.3. The third-order valence-electron chi connectivity index (χ3n) is 4.14. The summed E-state index contributed by atoms with van der Waals surface area (Å²) in [5.41, 5.74) is 0.826. The van der Waals surface area contributed by atoms with Crippen LogP contribution in [0.25, 0.3) is 0 Å². The standard InChI is InChI=1S/C17H18F2N4O3/c1-26-13-4-2-3-12(9-13)10-21-7-8-22(11-15(21)24)16(25)14-5-6-23(20-14)17(18)19/h2-6,9,17H,7-8,10-11H2,1H3. The van der Waals surface area contributed by atoms with E-state index in [2.05, 4.69) is 5.10 Å². The van der Waals surface area contributed by atoms with E-state index in [1.54, 1.807) is 12.0 Å². The molecule has 1 aromatic heterocycles. The van der Waals surface area contributed by atoms with Gasteiger partial charge in [0.1, 0.15) is 12.3 Å². The van der Waals surface area contributed by atoms with Gasteiger partial charge in [0.05, 0.1) is 7.11 Å². The van der Waals surface area contributed by atoms with Gasteiger partial charge in [-0.2, -0.15) is 13.9 Å². The SMILES string of the molecule is COc1cccc(CN2CCN(C(=O)c3ccn(C(F)F)n3)CC2=O)c1.